The van der Waals surface area contributed by atoms with Gasteiger partial charge in [0, 0.05) is 12.3 Å². The summed E-state index contributed by atoms with van der Waals surface area (Å²) in [6.45, 7) is 7.10. The van der Waals surface area contributed by atoms with Crippen LogP contribution in [0.15, 0.2) is 0 Å². The summed E-state index contributed by atoms with van der Waals surface area (Å²) in [4.78, 5) is 11.9. The van der Waals surface area contributed by atoms with Gasteiger partial charge in [-0.1, -0.05) is 5.23 Å². The quantitative estimate of drug-likeness (QED) is 0.731. The molecule has 0 radical (unpaired) electrons. The number of hydrogen-bond donors (Lipinski definition) is 0. The van der Waals surface area contributed by atoms with Gasteiger partial charge in [-0.25, -0.2) is 4.84 Å². The van der Waals surface area contributed by atoms with Crippen LogP contribution in [-0.2, 0) is 14.4 Å². The fourth-order valence-corrected chi connectivity index (χ4v) is 5.08. The molecule has 4 aliphatic rings. The van der Waals surface area contributed by atoms with E-state index in [4.69, 9.17) is 14.4 Å². The Morgan fingerprint density at radius 2 is 1.74 bits per heavy atom. The molecule has 4 heteroatoms. The zero-order valence-corrected chi connectivity index (χ0v) is 12.2. The fraction of sp³-hybridized carbons (Fsp3) is 1.00. The van der Waals surface area contributed by atoms with Gasteiger partial charge >= 0.3 is 0 Å². The second-order valence-electron chi connectivity index (χ2n) is 7.69. The van der Waals surface area contributed by atoms with Gasteiger partial charge in [0.2, 0.25) is 0 Å². The Morgan fingerprint density at radius 3 is 2.47 bits per heavy atom. The Kier molecular flexibility index (Phi) is 2.61. The van der Waals surface area contributed by atoms with E-state index in [0.717, 1.165) is 18.9 Å². The molecule has 5 atom stereocenters. The van der Waals surface area contributed by atoms with Gasteiger partial charge in [-0.3, -0.25) is 4.84 Å². The molecule has 0 aromatic rings. The topological polar surface area (TPSA) is 30.9 Å². The summed E-state index contributed by atoms with van der Waals surface area (Å²) in [5.41, 5.74) is 0.0275. The van der Waals surface area contributed by atoms with Crippen molar-refractivity contribution in [2.45, 2.75) is 70.3 Å². The molecular formula is C15H25NO3. The third-order valence-corrected chi connectivity index (χ3v) is 5.57. The van der Waals surface area contributed by atoms with Crippen molar-refractivity contribution in [3.8, 4) is 0 Å². The highest BCUT2D eigenvalue weighted by atomic mass is 17.0. The third-order valence-electron chi connectivity index (χ3n) is 5.57. The molecule has 4 rings (SSSR count). The molecule has 0 aromatic carbocycles. The molecule has 19 heavy (non-hydrogen) atoms. The lowest BCUT2D eigenvalue weighted by Gasteiger charge is -2.47. The number of nitrogens with zero attached hydrogens (tertiary/aromatic N) is 1. The number of hydrogen-bond acceptors (Lipinski definition) is 4. The highest BCUT2D eigenvalue weighted by Gasteiger charge is 2.68. The Morgan fingerprint density at radius 1 is 1.05 bits per heavy atom. The maximum absolute atomic E-state index is 6.06. The SMILES string of the molecule is CC(C)(C)O[C@@H]1C[C@H]2CC[C@@H]3CC[C@H]4CON(O1)[C@]324. The number of hydroxylamine groups is 2. The zero-order chi connectivity index (χ0) is 13.3. The van der Waals surface area contributed by atoms with Gasteiger partial charge in [-0.15, -0.1) is 0 Å². The first-order valence-electron chi connectivity index (χ1n) is 7.78. The summed E-state index contributed by atoms with van der Waals surface area (Å²) in [5, 5.41) is 1.88. The molecule has 108 valence electrons. The lowest BCUT2D eigenvalue weighted by Crippen LogP contribution is -2.58. The summed E-state index contributed by atoms with van der Waals surface area (Å²) in [6, 6.07) is 0. The van der Waals surface area contributed by atoms with Crippen molar-refractivity contribution in [1.82, 2.24) is 5.23 Å². The summed E-state index contributed by atoms with van der Waals surface area (Å²) in [7, 11) is 0. The van der Waals surface area contributed by atoms with E-state index >= 15 is 0 Å². The first-order chi connectivity index (χ1) is 9.00. The molecule has 0 amide bonds. The van der Waals surface area contributed by atoms with Crippen LogP contribution >= 0.6 is 0 Å². The fourth-order valence-electron chi connectivity index (χ4n) is 5.08. The smallest absolute Gasteiger partial charge is 0.181 e. The van der Waals surface area contributed by atoms with Gasteiger partial charge in [0.25, 0.3) is 0 Å². The molecule has 4 nitrogen and oxygen atoms in total. The number of rotatable bonds is 1. The van der Waals surface area contributed by atoms with Gasteiger partial charge in [-0.05, 0) is 58.3 Å². The van der Waals surface area contributed by atoms with Crippen LogP contribution < -0.4 is 0 Å². The summed E-state index contributed by atoms with van der Waals surface area (Å²) in [6.07, 6.45) is 6.21. The first-order valence-corrected chi connectivity index (χ1v) is 7.78. The molecule has 2 heterocycles. The molecule has 0 N–H and O–H groups in total. The number of ether oxygens (including phenoxy) is 1. The highest BCUT2D eigenvalue weighted by molar-refractivity contribution is 5.13. The molecule has 0 bridgehead atoms. The van der Waals surface area contributed by atoms with Crippen molar-refractivity contribution in [2.24, 2.45) is 17.8 Å². The van der Waals surface area contributed by atoms with Crippen LogP contribution in [0.25, 0.3) is 0 Å². The van der Waals surface area contributed by atoms with Crippen LogP contribution in [0.3, 0.4) is 0 Å². The van der Waals surface area contributed by atoms with E-state index in [9.17, 15) is 0 Å². The summed E-state index contributed by atoms with van der Waals surface area (Å²) < 4.78 is 6.04. The van der Waals surface area contributed by atoms with Gasteiger partial charge < -0.3 is 4.74 Å². The van der Waals surface area contributed by atoms with E-state index in [1.165, 1.54) is 25.7 Å². The van der Waals surface area contributed by atoms with Crippen LogP contribution in [0.5, 0.6) is 0 Å². The van der Waals surface area contributed by atoms with Crippen molar-refractivity contribution in [3.63, 3.8) is 0 Å². The minimum absolute atomic E-state index is 0.145. The van der Waals surface area contributed by atoms with Crippen LogP contribution in [-0.4, -0.2) is 29.3 Å². The highest BCUT2D eigenvalue weighted by Crippen LogP contribution is 2.63. The molecule has 2 saturated heterocycles. The minimum Gasteiger partial charge on any atom is -0.345 e. The van der Waals surface area contributed by atoms with Crippen molar-refractivity contribution in [3.05, 3.63) is 0 Å². The Bertz CT molecular complexity index is 350. The normalized spacial score (nSPS) is 49.4. The van der Waals surface area contributed by atoms with Crippen LogP contribution in [0.4, 0.5) is 0 Å². The molecule has 2 aliphatic heterocycles. The molecule has 1 spiro atoms. The van der Waals surface area contributed by atoms with E-state index in [1.807, 2.05) is 5.23 Å². The second kappa shape index (κ2) is 3.94. The maximum Gasteiger partial charge on any atom is 0.181 e. The monoisotopic (exact) mass is 267 g/mol. The standard InChI is InChI=1S/C15H25NO3/c1-14(2,3)18-13-8-11-6-4-10-5-7-12-9-17-16(19-13)15(10,11)12/h10-13H,4-9H2,1-3H3/t10-,11-,12+,13+,15-/m1/s1. The lowest BCUT2D eigenvalue weighted by atomic mass is 9.75. The van der Waals surface area contributed by atoms with Crippen LogP contribution in [0.1, 0.15) is 52.9 Å². The maximum atomic E-state index is 6.06. The summed E-state index contributed by atoms with van der Waals surface area (Å²) in [5.74, 6) is 2.15. The van der Waals surface area contributed by atoms with Crippen molar-refractivity contribution in [2.75, 3.05) is 6.61 Å². The Balaban J connectivity index is 1.60. The van der Waals surface area contributed by atoms with Gasteiger partial charge in [0.05, 0.1) is 17.7 Å². The molecule has 0 aromatic heterocycles. The minimum atomic E-state index is -0.165. The molecular weight excluding hydrogens is 242 g/mol. The van der Waals surface area contributed by atoms with E-state index < -0.39 is 0 Å². The molecule has 2 aliphatic carbocycles. The van der Waals surface area contributed by atoms with Gasteiger partial charge in [-0.2, -0.15) is 0 Å². The van der Waals surface area contributed by atoms with Crippen LogP contribution in [0.2, 0.25) is 0 Å². The van der Waals surface area contributed by atoms with E-state index in [2.05, 4.69) is 20.8 Å². The average molecular weight is 267 g/mol. The predicted octanol–water partition coefficient (Wildman–Crippen LogP) is 2.89. The van der Waals surface area contributed by atoms with Crippen LogP contribution in [0, 0.1) is 17.8 Å². The lowest BCUT2D eigenvalue weighted by molar-refractivity contribution is -0.465. The Labute approximate surface area is 115 Å². The zero-order valence-electron chi connectivity index (χ0n) is 12.2. The average Bonchev–Trinajstić information content (AvgIpc) is 2.90. The largest absolute Gasteiger partial charge is 0.345 e. The molecule has 2 saturated carbocycles. The van der Waals surface area contributed by atoms with Crippen molar-refractivity contribution < 1.29 is 14.4 Å². The van der Waals surface area contributed by atoms with E-state index in [-0.39, 0.29) is 17.4 Å². The first kappa shape index (κ1) is 12.6. The van der Waals surface area contributed by atoms with Gasteiger partial charge in [0.1, 0.15) is 0 Å². The Hall–Kier alpha value is -0.160. The summed E-state index contributed by atoms with van der Waals surface area (Å²) >= 11 is 0. The molecule has 0 unspecified atom stereocenters. The van der Waals surface area contributed by atoms with E-state index in [1.54, 1.807) is 0 Å². The van der Waals surface area contributed by atoms with Crippen molar-refractivity contribution >= 4 is 0 Å². The second-order valence-corrected chi connectivity index (χ2v) is 7.69. The van der Waals surface area contributed by atoms with Crippen molar-refractivity contribution in [1.29, 1.82) is 0 Å². The molecule has 4 fully saturated rings. The third kappa shape index (κ3) is 1.67. The van der Waals surface area contributed by atoms with Gasteiger partial charge in [0.15, 0.2) is 6.29 Å². The predicted molar refractivity (Wildman–Crippen MR) is 69.8 cm³/mol. The van der Waals surface area contributed by atoms with E-state index in [0.29, 0.717) is 11.8 Å².